The van der Waals surface area contributed by atoms with Gasteiger partial charge in [0.2, 0.25) is 0 Å². The predicted molar refractivity (Wildman–Crippen MR) is 95.6 cm³/mol. The molecule has 2 aromatic heterocycles. The van der Waals surface area contributed by atoms with Crippen molar-refractivity contribution in [2.45, 2.75) is 18.4 Å². The van der Waals surface area contributed by atoms with Gasteiger partial charge in [0.1, 0.15) is 17.5 Å². The Morgan fingerprint density at radius 3 is 2.43 bits per heavy atom. The quantitative estimate of drug-likeness (QED) is 0.676. The molecule has 9 heteroatoms. The summed E-state index contributed by atoms with van der Waals surface area (Å²) in [4.78, 5) is 28.3. The van der Waals surface area contributed by atoms with Crippen LogP contribution in [-0.4, -0.2) is 32.6 Å². The van der Waals surface area contributed by atoms with Gasteiger partial charge < -0.3 is 10.6 Å². The van der Waals surface area contributed by atoms with Crippen molar-refractivity contribution < 1.29 is 18.4 Å². The van der Waals surface area contributed by atoms with Crippen molar-refractivity contribution in [3.8, 4) is 5.69 Å². The van der Waals surface area contributed by atoms with Crippen molar-refractivity contribution in [3.05, 3.63) is 72.2 Å². The largest absolute Gasteiger partial charge is 0.344 e. The fourth-order valence-electron chi connectivity index (χ4n) is 3.03. The number of halogens is 2. The van der Waals surface area contributed by atoms with Crippen LogP contribution in [0.15, 0.2) is 55.0 Å². The minimum absolute atomic E-state index is 0.0658. The number of benzene rings is 1. The summed E-state index contributed by atoms with van der Waals surface area (Å²) in [6.07, 6.45) is 4.99. The summed E-state index contributed by atoms with van der Waals surface area (Å²) in [6.45, 7) is 0. The number of carbonyl (C=O) groups is 2. The number of anilines is 1. The molecule has 0 aliphatic heterocycles. The third kappa shape index (κ3) is 3.46. The summed E-state index contributed by atoms with van der Waals surface area (Å²) >= 11 is 0. The number of carbonyl (C=O) groups excluding carboxylic acids is 2. The number of hydrogen-bond acceptors (Lipinski definition) is 4. The lowest BCUT2D eigenvalue weighted by molar-refractivity contribution is -0.136. The Labute approximate surface area is 158 Å². The maximum Gasteiger partial charge on any atom is 0.314 e. The number of pyridine rings is 1. The van der Waals surface area contributed by atoms with Crippen molar-refractivity contribution in [3.63, 3.8) is 0 Å². The average molecular weight is 383 g/mol. The minimum atomic E-state index is -0.893. The molecular weight excluding hydrogens is 368 g/mol. The molecule has 2 N–H and O–H groups in total. The molecule has 0 bridgehead atoms. The summed E-state index contributed by atoms with van der Waals surface area (Å²) in [7, 11) is 0. The van der Waals surface area contributed by atoms with Crippen LogP contribution in [0.5, 0.6) is 0 Å². The molecule has 2 amide bonds. The highest BCUT2D eigenvalue weighted by Gasteiger charge is 2.43. The van der Waals surface area contributed by atoms with E-state index in [1.165, 1.54) is 29.1 Å². The molecule has 4 rings (SSSR count). The molecule has 0 radical (unpaired) electrons. The van der Waals surface area contributed by atoms with Gasteiger partial charge in [0, 0.05) is 36.0 Å². The molecular formula is C19H15F2N5O2. The Kier molecular flexibility index (Phi) is 4.56. The van der Waals surface area contributed by atoms with Gasteiger partial charge in [-0.15, -0.1) is 0 Å². The van der Waals surface area contributed by atoms with Crippen LogP contribution in [0.25, 0.3) is 5.69 Å². The molecule has 2 heterocycles. The fraction of sp³-hybridized carbons (Fsp3) is 0.158. The Morgan fingerprint density at radius 1 is 1.00 bits per heavy atom. The highest BCUT2D eigenvalue weighted by Crippen LogP contribution is 2.43. The molecule has 0 spiro atoms. The van der Waals surface area contributed by atoms with Gasteiger partial charge in [-0.1, -0.05) is 6.07 Å². The highest BCUT2D eigenvalue weighted by molar-refractivity contribution is 6.39. The third-order valence-corrected chi connectivity index (χ3v) is 4.48. The summed E-state index contributed by atoms with van der Waals surface area (Å²) in [6, 6.07) is 8.06. The van der Waals surface area contributed by atoms with Crippen LogP contribution in [-0.2, 0) is 9.59 Å². The van der Waals surface area contributed by atoms with E-state index < -0.39 is 35.4 Å². The van der Waals surface area contributed by atoms with Crippen LogP contribution in [0.3, 0.4) is 0 Å². The second-order valence-electron chi connectivity index (χ2n) is 6.35. The SMILES string of the molecule is O=C(Nc1ccnn1-c1ccncc1)C(=O)N[C@H]1C[C@@H]1c1c(F)cccc1F. The molecule has 2 atom stereocenters. The molecule has 28 heavy (non-hydrogen) atoms. The first-order valence-corrected chi connectivity index (χ1v) is 8.55. The van der Waals surface area contributed by atoms with Crippen LogP contribution in [0, 0.1) is 11.6 Å². The fourth-order valence-corrected chi connectivity index (χ4v) is 3.03. The van der Waals surface area contributed by atoms with Crippen LogP contribution in [0.1, 0.15) is 17.9 Å². The number of aromatic nitrogens is 3. The summed E-state index contributed by atoms with van der Waals surface area (Å²) in [5, 5.41) is 9.09. The highest BCUT2D eigenvalue weighted by atomic mass is 19.1. The van der Waals surface area contributed by atoms with E-state index >= 15 is 0 Å². The van der Waals surface area contributed by atoms with Gasteiger partial charge in [-0.05, 0) is 30.7 Å². The minimum Gasteiger partial charge on any atom is -0.344 e. The number of nitrogens with zero attached hydrogens (tertiary/aromatic N) is 3. The van der Waals surface area contributed by atoms with Crippen molar-refractivity contribution >= 4 is 17.6 Å². The van der Waals surface area contributed by atoms with E-state index in [9.17, 15) is 18.4 Å². The van der Waals surface area contributed by atoms with Crippen molar-refractivity contribution in [1.29, 1.82) is 0 Å². The van der Waals surface area contributed by atoms with Crippen LogP contribution in [0.2, 0.25) is 0 Å². The first-order chi connectivity index (χ1) is 13.5. The molecule has 7 nitrogen and oxygen atoms in total. The van der Waals surface area contributed by atoms with Crippen LogP contribution >= 0.6 is 0 Å². The second-order valence-corrected chi connectivity index (χ2v) is 6.35. The lowest BCUT2D eigenvalue weighted by atomic mass is 10.1. The Bertz CT molecular complexity index is 1020. The van der Waals surface area contributed by atoms with Gasteiger partial charge in [-0.3, -0.25) is 14.6 Å². The zero-order chi connectivity index (χ0) is 19.7. The predicted octanol–water partition coefficient (Wildman–Crippen LogP) is 2.16. The van der Waals surface area contributed by atoms with E-state index in [-0.39, 0.29) is 5.56 Å². The molecule has 3 aromatic rings. The van der Waals surface area contributed by atoms with Gasteiger partial charge in [0.15, 0.2) is 0 Å². The van der Waals surface area contributed by atoms with Gasteiger partial charge in [-0.25, -0.2) is 13.5 Å². The number of hydrogen-bond donors (Lipinski definition) is 2. The molecule has 142 valence electrons. The molecule has 0 saturated heterocycles. The zero-order valence-corrected chi connectivity index (χ0v) is 14.5. The van der Waals surface area contributed by atoms with E-state index in [4.69, 9.17) is 0 Å². The molecule has 1 aliphatic carbocycles. The van der Waals surface area contributed by atoms with Gasteiger partial charge in [0.05, 0.1) is 11.9 Å². The Balaban J connectivity index is 1.40. The third-order valence-electron chi connectivity index (χ3n) is 4.48. The molecule has 1 saturated carbocycles. The normalized spacial score (nSPS) is 17.8. The number of rotatable bonds is 4. The topological polar surface area (TPSA) is 88.9 Å². The van der Waals surface area contributed by atoms with E-state index in [0.29, 0.717) is 17.9 Å². The maximum absolute atomic E-state index is 13.8. The Hall–Kier alpha value is -3.62. The standard InChI is InChI=1S/C19H15F2N5O2/c20-13-2-1-3-14(21)17(13)12-10-15(12)24-18(27)19(28)25-16-6-9-23-26(16)11-4-7-22-8-5-11/h1-9,12,15H,10H2,(H,24,27)(H,25,28)/t12-,15-/m0/s1. The van der Waals surface area contributed by atoms with Gasteiger partial charge in [-0.2, -0.15) is 5.10 Å². The smallest absolute Gasteiger partial charge is 0.314 e. The lowest BCUT2D eigenvalue weighted by Gasteiger charge is -2.09. The van der Waals surface area contributed by atoms with Gasteiger partial charge >= 0.3 is 11.8 Å². The molecule has 1 fully saturated rings. The summed E-state index contributed by atoms with van der Waals surface area (Å²) < 4.78 is 29.1. The molecule has 1 aromatic carbocycles. The maximum atomic E-state index is 13.8. The first kappa shape index (κ1) is 17.8. The zero-order valence-electron chi connectivity index (χ0n) is 14.5. The van der Waals surface area contributed by atoms with E-state index in [1.807, 2.05) is 0 Å². The van der Waals surface area contributed by atoms with Gasteiger partial charge in [0.25, 0.3) is 0 Å². The number of nitrogens with one attached hydrogen (secondary N) is 2. The van der Waals surface area contributed by atoms with Crippen molar-refractivity contribution in [2.24, 2.45) is 0 Å². The van der Waals surface area contributed by atoms with Crippen molar-refractivity contribution in [1.82, 2.24) is 20.1 Å². The first-order valence-electron chi connectivity index (χ1n) is 8.55. The van der Waals surface area contributed by atoms with E-state index in [0.717, 1.165) is 0 Å². The molecule has 1 aliphatic rings. The Morgan fingerprint density at radius 2 is 1.71 bits per heavy atom. The number of amides is 2. The van der Waals surface area contributed by atoms with Crippen LogP contribution in [0.4, 0.5) is 14.6 Å². The average Bonchev–Trinajstić information content (AvgIpc) is 3.26. The lowest BCUT2D eigenvalue weighted by Crippen LogP contribution is -2.37. The van der Waals surface area contributed by atoms with E-state index in [1.54, 1.807) is 30.6 Å². The summed E-state index contributed by atoms with van der Waals surface area (Å²) in [5.74, 6) is -3.28. The van der Waals surface area contributed by atoms with Crippen molar-refractivity contribution in [2.75, 3.05) is 5.32 Å². The van der Waals surface area contributed by atoms with E-state index in [2.05, 4.69) is 20.7 Å². The van der Waals surface area contributed by atoms with Crippen LogP contribution < -0.4 is 10.6 Å². The summed E-state index contributed by atoms with van der Waals surface area (Å²) in [5.41, 5.74) is 0.594. The molecule has 0 unspecified atom stereocenters. The monoisotopic (exact) mass is 383 g/mol. The second kappa shape index (κ2) is 7.18.